The Hall–Kier alpha value is -3.88. The molecule has 0 radical (unpaired) electrons. The quantitative estimate of drug-likeness (QED) is 0.412. The van der Waals surface area contributed by atoms with Crippen molar-refractivity contribution in [3.05, 3.63) is 81.5 Å². The highest BCUT2D eigenvalue weighted by atomic mass is 19.1. The van der Waals surface area contributed by atoms with Crippen molar-refractivity contribution in [2.45, 2.75) is 45.8 Å². The number of para-hydroxylation sites is 2. The van der Waals surface area contributed by atoms with Crippen molar-refractivity contribution in [3.63, 3.8) is 0 Å². The minimum atomic E-state index is -0.636. The molecule has 2 aromatic heterocycles. The number of nitrogens with zero attached hydrogens (tertiary/aromatic N) is 2. The standard InChI is InChI=1S/C24H26FN5O3/c1-24(2,3)33-23(32)26-14-20-17(13-10-15-8-11-16(25)12-9-15)21(31)30(29-20)22-27-18-6-4-5-7-19(18)28-22/h4-9,11-12,29H,10,13-14H2,1-3H3,(H,26,32)(H,27,28). The number of hydrogen-bond acceptors (Lipinski definition) is 4. The molecule has 33 heavy (non-hydrogen) atoms. The van der Waals surface area contributed by atoms with Gasteiger partial charge in [0.25, 0.3) is 5.56 Å². The van der Waals surface area contributed by atoms with Crippen LogP contribution in [0.4, 0.5) is 9.18 Å². The summed E-state index contributed by atoms with van der Waals surface area (Å²) in [4.78, 5) is 33.1. The first kappa shape index (κ1) is 22.3. The molecule has 9 heteroatoms. The van der Waals surface area contributed by atoms with Crippen molar-refractivity contribution in [2.24, 2.45) is 0 Å². The molecule has 0 atom stereocenters. The number of carbonyl (C=O) groups excluding carboxylic acids is 1. The normalized spacial score (nSPS) is 11.6. The molecule has 0 spiro atoms. The van der Waals surface area contributed by atoms with Crippen molar-refractivity contribution in [1.29, 1.82) is 0 Å². The van der Waals surface area contributed by atoms with Crippen LogP contribution in [-0.2, 0) is 24.1 Å². The number of carbonyl (C=O) groups is 1. The molecule has 172 valence electrons. The zero-order valence-electron chi connectivity index (χ0n) is 18.7. The number of nitrogens with one attached hydrogen (secondary N) is 3. The lowest BCUT2D eigenvalue weighted by atomic mass is 10.0. The van der Waals surface area contributed by atoms with E-state index in [2.05, 4.69) is 20.4 Å². The maximum Gasteiger partial charge on any atom is 0.407 e. The summed E-state index contributed by atoms with van der Waals surface area (Å²) in [7, 11) is 0. The van der Waals surface area contributed by atoms with E-state index in [9.17, 15) is 14.0 Å². The van der Waals surface area contributed by atoms with Gasteiger partial charge >= 0.3 is 6.09 Å². The van der Waals surface area contributed by atoms with Gasteiger partial charge < -0.3 is 15.0 Å². The second-order valence-electron chi connectivity index (χ2n) is 8.77. The summed E-state index contributed by atoms with van der Waals surface area (Å²) >= 11 is 0. The van der Waals surface area contributed by atoms with Gasteiger partial charge in [0.05, 0.1) is 23.3 Å². The molecule has 0 aliphatic heterocycles. The molecule has 0 saturated carbocycles. The Morgan fingerprint density at radius 2 is 1.85 bits per heavy atom. The van der Waals surface area contributed by atoms with Gasteiger partial charge in [0.1, 0.15) is 11.4 Å². The number of H-pyrrole nitrogens is 2. The van der Waals surface area contributed by atoms with Gasteiger partial charge in [0.15, 0.2) is 0 Å². The van der Waals surface area contributed by atoms with Crippen LogP contribution in [0.5, 0.6) is 0 Å². The summed E-state index contributed by atoms with van der Waals surface area (Å²) in [6.07, 6.45) is 0.358. The van der Waals surface area contributed by atoms with Gasteiger partial charge in [-0.25, -0.2) is 14.2 Å². The maximum atomic E-state index is 13.3. The molecule has 0 aliphatic rings. The number of halogens is 1. The van der Waals surface area contributed by atoms with Gasteiger partial charge in [-0.1, -0.05) is 24.3 Å². The molecule has 1 amide bonds. The van der Waals surface area contributed by atoms with Gasteiger partial charge in [-0.2, -0.15) is 4.68 Å². The second-order valence-corrected chi connectivity index (χ2v) is 8.77. The van der Waals surface area contributed by atoms with Crippen LogP contribution in [0.25, 0.3) is 17.0 Å². The number of hydrogen-bond donors (Lipinski definition) is 3. The third-order valence-electron chi connectivity index (χ3n) is 5.05. The number of imidazole rings is 1. The highest BCUT2D eigenvalue weighted by Crippen LogP contribution is 2.15. The number of aromatic nitrogens is 4. The fourth-order valence-electron chi connectivity index (χ4n) is 3.51. The zero-order chi connectivity index (χ0) is 23.6. The predicted octanol–water partition coefficient (Wildman–Crippen LogP) is 3.99. The number of aryl methyl sites for hydroxylation is 1. The molecule has 4 aromatic rings. The smallest absolute Gasteiger partial charge is 0.407 e. The monoisotopic (exact) mass is 451 g/mol. The lowest BCUT2D eigenvalue weighted by Gasteiger charge is -2.19. The van der Waals surface area contributed by atoms with Crippen molar-refractivity contribution >= 4 is 17.1 Å². The molecule has 0 saturated heterocycles. The number of rotatable bonds is 6. The van der Waals surface area contributed by atoms with Crippen LogP contribution in [-0.4, -0.2) is 31.4 Å². The minimum absolute atomic E-state index is 0.0795. The molecule has 0 unspecified atom stereocenters. The van der Waals surface area contributed by atoms with E-state index in [1.165, 1.54) is 16.8 Å². The largest absolute Gasteiger partial charge is 0.444 e. The average Bonchev–Trinajstić information content (AvgIpc) is 3.31. The number of fused-ring (bicyclic) bond motifs is 1. The lowest BCUT2D eigenvalue weighted by Crippen LogP contribution is -2.32. The fraction of sp³-hybridized carbons (Fsp3) is 0.292. The lowest BCUT2D eigenvalue weighted by molar-refractivity contribution is 0.0522. The van der Waals surface area contributed by atoms with Gasteiger partial charge in [0, 0.05) is 5.56 Å². The third-order valence-corrected chi connectivity index (χ3v) is 5.05. The first-order valence-corrected chi connectivity index (χ1v) is 10.7. The van der Waals surface area contributed by atoms with Crippen molar-refractivity contribution in [3.8, 4) is 5.95 Å². The highest BCUT2D eigenvalue weighted by Gasteiger charge is 2.20. The van der Waals surface area contributed by atoms with E-state index in [1.54, 1.807) is 32.9 Å². The Kier molecular flexibility index (Phi) is 6.04. The Bertz CT molecular complexity index is 1300. The Balaban J connectivity index is 1.63. The summed E-state index contributed by atoms with van der Waals surface area (Å²) in [5.41, 5.74) is 2.59. The van der Waals surface area contributed by atoms with Crippen molar-refractivity contribution in [1.82, 2.24) is 25.1 Å². The van der Waals surface area contributed by atoms with E-state index >= 15 is 0 Å². The molecule has 0 fully saturated rings. The van der Waals surface area contributed by atoms with Gasteiger partial charge in [-0.05, 0) is 63.4 Å². The Morgan fingerprint density at radius 3 is 2.55 bits per heavy atom. The third kappa shape index (κ3) is 5.31. The summed E-state index contributed by atoms with van der Waals surface area (Å²) in [5.74, 6) is 0.0441. The number of benzene rings is 2. The molecule has 3 N–H and O–H groups in total. The number of alkyl carbamates (subject to hydrolysis) is 1. The van der Waals surface area contributed by atoms with E-state index in [-0.39, 0.29) is 17.9 Å². The van der Waals surface area contributed by atoms with Crippen LogP contribution in [0.2, 0.25) is 0 Å². The second kappa shape index (κ2) is 8.93. The van der Waals surface area contributed by atoms with Gasteiger partial charge in [-0.3, -0.25) is 9.89 Å². The van der Waals surface area contributed by atoms with E-state index in [0.29, 0.717) is 30.0 Å². The summed E-state index contributed by atoms with van der Waals surface area (Å²) < 4.78 is 19.9. The molecule has 2 heterocycles. The van der Waals surface area contributed by atoms with E-state index in [0.717, 1.165) is 16.6 Å². The van der Waals surface area contributed by atoms with Gasteiger partial charge in [-0.15, -0.1) is 0 Å². The van der Waals surface area contributed by atoms with Crippen LogP contribution in [0.3, 0.4) is 0 Å². The van der Waals surface area contributed by atoms with Crippen LogP contribution < -0.4 is 10.9 Å². The Morgan fingerprint density at radius 1 is 1.12 bits per heavy atom. The summed E-state index contributed by atoms with van der Waals surface area (Å²) in [5, 5.41) is 5.77. The van der Waals surface area contributed by atoms with E-state index in [1.807, 2.05) is 24.3 Å². The average molecular weight is 452 g/mol. The molecule has 2 aromatic carbocycles. The molecule has 4 rings (SSSR count). The topological polar surface area (TPSA) is 105 Å². The first-order valence-electron chi connectivity index (χ1n) is 10.7. The molecular formula is C24H26FN5O3. The fourth-order valence-corrected chi connectivity index (χ4v) is 3.51. The van der Waals surface area contributed by atoms with Crippen molar-refractivity contribution < 1.29 is 13.9 Å². The zero-order valence-corrected chi connectivity index (χ0v) is 18.7. The van der Waals surface area contributed by atoms with E-state index in [4.69, 9.17) is 4.74 Å². The van der Waals surface area contributed by atoms with Gasteiger partial charge in [0.2, 0.25) is 5.95 Å². The van der Waals surface area contributed by atoms with Crippen LogP contribution in [0, 0.1) is 5.82 Å². The highest BCUT2D eigenvalue weighted by molar-refractivity contribution is 5.75. The molecule has 0 bridgehead atoms. The van der Waals surface area contributed by atoms with Crippen LogP contribution in [0.15, 0.2) is 53.3 Å². The SMILES string of the molecule is CC(C)(C)OC(=O)NCc1[nH]n(-c2nc3ccccc3[nH]2)c(=O)c1CCc1ccc(F)cc1. The molecule has 8 nitrogen and oxygen atoms in total. The van der Waals surface area contributed by atoms with E-state index < -0.39 is 11.7 Å². The number of amides is 1. The van der Waals surface area contributed by atoms with Crippen LogP contribution in [0.1, 0.15) is 37.6 Å². The predicted molar refractivity (Wildman–Crippen MR) is 123 cm³/mol. The first-order chi connectivity index (χ1) is 15.7. The summed E-state index contributed by atoms with van der Waals surface area (Å²) in [6, 6.07) is 13.6. The van der Waals surface area contributed by atoms with Crippen molar-refractivity contribution in [2.75, 3.05) is 0 Å². The minimum Gasteiger partial charge on any atom is -0.444 e. The Labute approximate surface area is 189 Å². The number of aromatic amines is 2. The maximum absolute atomic E-state index is 13.3. The molecular weight excluding hydrogens is 425 g/mol. The van der Waals surface area contributed by atoms with Crippen LogP contribution >= 0.6 is 0 Å². The summed E-state index contributed by atoms with van der Waals surface area (Å²) in [6.45, 7) is 5.41. The molecule has 0 aliphatic carbocycles. The number of ether oxygens (including phenoxy) is 1.